The highest BCUT2D eigenvalue weighted by Crippen LogP contribution is 2.72. The summed E-state index contributed by atoms with van der Waals surface area (Å²) in [6.07, 6.45) is 6.35. The molecular weight excluding hydrogens is 272 g/mol. The van der Waals surface area contributed by atoms with Crippen LogP contribution in [0.4, 0.5) is 0 Å². The van der Waals surface area contributed by atoms with Crippen molar-refractivity contribution in [3.05, 3.63) is 12.2 Å². The zero-order valence-electron chi connectivity index (χ0n) is 14.7. The van der Waals surface area contributed by atoms with Crippen LogP contribution in [0.1, 0.15) is 66.2 Å². The van der Waals surface area contributed by atoms with Gasteiger partial charge in [-0.15, -0.1) is 0 Å². The molecule has 3 saturated carbocycles. The molecule has 7 atom stereocenters. The maximum atomic E-state index is 11.2. The Morgan fingerprint density at radius 3 is 2.55 bits per heavy atom. The fourth-order valence-electron chi connectivity index (χ4n) is 6.52. The van der Waals surface area contributed by atoms with Crippen molar-refractivity contribution in [2.75, 3.05) is 0 Å². The van der Waals surface area contributed by atoms with Gasteiger partial charge in [0.15, 0.2) is 0 Å². The van der Waals surface area contributed by atoms with E-state index in [0.29, 0.717) is 23.7 Å². The standard InChI is InChI=1S/C20H32O2/c1-12(2)15-7-6-14-11-20(5)13(3)16(20)10-17(14)19(15,4)9-8-18(21)22/h13-17H,1,6-11H2,2-5H3,(H,21,22)/t13-,14+,15+,16-,17-,19-,20+/m1/s1. The van der Waals surface area contributed by atoms with E-state index in [1.807, 2.05) is 0 Å². The number of hydrogen-bond acceptors (Lipinski definition) is 1. The maximum absolute atomic E-state index is 11.2. The van der Waals surface area contributed by atoms with E-state index >= 15 is 0 Å². The van der Waals surface area contributed by atoms with Gasteiger partial charge in [0.05, 0.1) is 0 Å². The lowest BCUT2D eigenvalue weighted by Crippen LogP contribution is -2.46. The molecule has 0 aromatic carbocycles. The van der Waals surface area contributed by atoms with E-state index in [9.17, 15) is 9.90 Å². The van der Waals surface area contributed by atoms with Crippen molar-refractivity contribution in [1.29, 1.82) is 0 Å². The van der Waals surface area contributed by atoms with Gasteiger partial charge in [0.2, 0.25) is 0 Å². The number of carboxylic acid groups (broad SMARTS) is 1. The van der Waals surface area contributed by atoms with E-state index in [1.54, 1.807) is 0 Å². The quantitative estimate of drug-likeness (QED) is 0.730. The Balaban J connectivity index is 1.87. The Bertz CT molecular complexity index is 496. The molecule has 22 heavy (non-hydrogen) atoms. The third kappa shape index (κ3) is 2.25. The van der Waals surface area contributed by atoms with Crippen molar-refractivity contribution in [3.8, 4) is 0 Å². The van der Waals surface area contributed by atoms with E-state index in [4.69, 9.17) is 0 Å². The SMILES string of the molecule is C=C(C)[C@@H]1CC[C@H]2C[C@@]3(C)[C@H](C)[C@H]3C[C@H]2[C@]1(C)CCC(=O)O. The normalized spacial score (nSPS) is 49.9. The first-order valence-electron chi connectivity index (χ1n) is 9.07. The smallest absolute Gasteiger partial charge is 0.303 e. The number of carbonyl (C=O) groups is 1. The monoisotopic (exact) mass is 304 g/mol. The van der Waals surface area contributed by atoms with Gasteiger partial charge in [0.25, 0.3) is 0 Å². The van der Waals surface area contributed by atoms with Crippen LogP contribution >= 0.6 is 0 Å². The summed E-state index contributed by atoms with van der Waals surface area (Å²) in [7, 11) is 0. The Kier molecular flexibility index (Phi) is 3.73. The minimum atomic E-state index is -0.649. The minimum Gasteiger partial charge on any atom is -0.481 e. The van der Waals surface area contributed by atoms with Gasteiger partial charge >= 0.3 is 5.97 Å². The summed E-state index contributed by atoms with van der Waals surface area (Å²) in [6.45, 7) is 13.7. The number of allylic oxidation sites excluding steroid dienone is 1. The Morgan fingerprint density at radius 1 is 1.27 bits per heavy atom. The molecule has 3 fully saturated rings. The molecule has 0 spiro atoms. The van der Waals surface area contributed by atoms with E-state index in [-0.39, 0.29) is 5.41 Å². The molecule has 0 bridgehead atoms. The number of carboxylic acids is 1. The fourth-order valence-corrected chi connectivity index (χ4v) is 6.52. The van der Waals surface area contributed by atoms with E-state index in [0.717, 1.165) is 24.2 Å². The van der Waals surface area contributed by atoms with Gasteiger partial charge in [-0.2, -0.15) is 0 Å². The average Bonchev–Trinajstić information content (AvgIpc) is 2.96. The topological polar surface area (TPSA) is 37.3 Å². The van der Waals surface area contributed by atoms with Crippen molar-refractivity contribution >= 4 is 5.97 Å². The predicted molar refractivity (Wildman–Crippen MR) is 89.5 cm³/mol. The first-order chi connectivity index (χ1) is 10.2. The predicted octanol–water partition coefficient (Wildman–Crippen LogP) is 5.14. The van der Waals surface area contributed by atoms with Gasteiger partial charge in [-0.05, 0) is 79.4 Å². The maximum Gasteiger partial charge on any atom is 0.303 e. The third-order valence-corrected chi connectivity index (χ3v) is 8.10. The second-order valence-corrected chi connectivity index (χ2v) is 9.08. The van der Waals surface area contributed by atoms with Crippen molar-refractivity contribution in [3.63, 3.8) is 0 Å². The van der Waals surface area contributed by atoms with Gasteiger partial charge in [-0.1, -0.05) is 32.9 Å². The number of rotatable bonds is 4. The summed E-state index contributed by atoms with van der Waals surface area (Å²) >= 11 is 0. The molecule has 0 aromatic rings. The van der Waals surface area contributed by atoms with Gasteiger partial charge in [-0.25, -0.2) is 0 Å². The minimum absolute atomic E-state index is 0.136. The van der Waals surface area contributed by atoms with Crippen molar-refractivity contribution < 1.29 is 9.90 Å². The van der Waals surface area contributed by atoms with Gasteiger partial charge < -0.3 is 5.11 Å². The molecule has 0 amide bonds. The molecule has 0 radical (unpaired) electrons. The molecule has 1 N–H and O–H groups in total. The molecule has 0 unspecified atom stereocenters. The molecule has 3 aliphatic rings. The zero-order chi connectivity index (χ0) is 16.3. The number of hydrogen-bond donors (Lipinski definition) is 1. The van der Waals surface area contributed by atoms with Crippen LogP contribution in [0.15, 0.2) is 12.2 Å². The molecule has 0 aliphatic heterocycles. The van der Waals surface area contributed by atoms with E-state index in [2.05, 4.69) is 34.3 Å². The molecule has 2 nitrogen and oxygen atoms in total. The molecule has 0 aromatic heterocycles. The second kappa shape index (κ2) is 5.11. The molecule has 0 saturated heterocycles. The zero-order valence-corrected chi connectivity index (χ0v) is 14.7. The number of fused-ring (bicyclic) bond motifs is 2. The lowest BCUT2D eigenvalue weighted by atomic mass is 9.50. The van der Waals surface area contributed by atoms with E-state index in [1.165, 1.54) is 31.3 Å². The summed E-state index contributed by atoms with van der Waals surface area (Å²) in [5.41, 5.74) is 1.99. The van der Waals surface area contributed by atoms with Gasteiger partial charge in [0.1, 0.15) is 0 Å². The van der Waals surface area contributed by atoms with Crippen LogP contribution in [-0.2, 0) is 4.79 Å². The lowest BCUT2D eigenvalue weighted by Gasteiger charge is -2.54. The molecule has 0 heterocycles. The van der Waals surface area contributed by atoms with Crippen molar-refractivity contribution in [2.45, 2.75) is 66.2 Å². The fraction of sp³-hybridized carbons (Fsp3) is 0.850. The second-order valence-electron chi connectivity index (χ2n) is 9.08. The molecular formula is C20H32O2. The van der Waals surface area contributed by atoms with Crippen LogP contribution in [0.2, 0.25) is 0 Å². The van der Waals surface area contributed by atoms with Crippen LogP contribution < -0.4 is 0 Å². The van der Waals surface area contributed by atoms with E-state index < -0.39 is 5.97 Å². The Labute approximate surface area is 135 Å². The highest BCUT2D eigenvalue weighted by Gasteiger charge is 2.65. The van der Waals surface area contributed by atoms with Crippen LogP contribution in [0.3, 0.4) is 0 Å². The van der Waals surface area contributed by atoms with Gasteiger partial charge in [0, 0.05) is 6.42 Å². The van der Waals surface area contributed by atoms with Crippen LogP contribution in [-0.4, -0.2) is 11.1 Å². The summed E-state index contributed by atoms with van der Waals surface area (Å²) in [6, 6.07) is 0. The summed E-state index contributed by atoms with van der Waals surface area (Å²) in [5.74, 6) is 3.11. The summed E-state index contributed by atoms with van der Waals surface area (Å²) in [4.78, 5) is 11.2. The first-order valence-corrected chi connectivity index (χ1v) is 9.07. The van der Waals surface area contributed by atoms with Crippen molar-refractivity contribution in [1.82, 2.24) is 0 Å². The summed E-state index contributed by atoms with van der Waals surface area (Å²) in [5, 5.41) is 9.20. The first kappa shape index (κ1) is 16.1. The molecule has 2 heteroatoms. The number of aliphatic carboxylic acids is 1. The highest BCUT2D eigenvalue weighted by molar-refractivity contribution is 5.66. The third-order valence-electron chi connectivity index (χ3n) is 8.10. The largest absolute Gasteiger partial charge is 0.481 e. The molecule has 124 valence electrons. The van der Waals surface area contributed by atoms with Crippen LogP contribution in [0.25, 0.3) is 0 Å². The lowest BCUT2D eigenvalue weighted by molar-refractivity contribution is -0.139. The highest BCUT2D eigenvalue weighted by atomic mass is 16.4. The van der Waals surface area contributed by atoms with Crippen LogP contribution in [0, 0.1) is 40.4 Å². The molecule has 3 aliphatic carbocycles. The van der Waals surface area contributed by atoms with Crippen LogP contribution in [0.5, 0.6) is 0 Å². The average molecular weight is 304 g/mol. The van der Waals surface area contributed by atoms with Gasteiger partial charge in [-0.3, -0.25) is 4.79 Å². The summed E-state index contributed by atoms with van der Waals surface area (Å²) < 4.78 is 0. The molecule has 3 rings (SSSR count). The Hall–Kier alpha value is -0.790. The Morgan fingerprint density at radius 2 is 1.95 bits per heavy atom. The van der Waals surface area contributed by atoms with Crippen molar-refractivity contribution in [2.24, 2.45) is 40.4 Å².